The van der Waals surface area contributed by atoms with Crippen molar-refractivity contribution in [3.8, 4) is 5.75 Å². The molecule has 0 unspecified atom stereocenters. The molecule has 2 aliphatic heterocycles. The topological polar surface area (TPSA) is 114 Å². The fraction of sp³-hybridized carbons (Fsp3) is 0.375. The number of benzene rings is 1. The summed E-state index contributed by atoms with van der Waals surface area (Å²) in [5.41, 5.74) is 0.528. The van der Waals surface area contributed by atoms with Gasteiger partial charge in [0.15, 0.2) is 12.2 Å². The van der Waals surface area contributed by atoms with Crippen molar-refractivity contribution in [1.29, 1.82) is 0 Å². The molecule has 2 heterocycles. The fourth-order valence-electron chi connectivity index (χ4n) is 2.58. The number of carbonyl (C=O) groups excluding carboxylic acids is 4. The van der Waals surface area contributed by atoms with Crippen LogP contribution in [0, 0.1) is 0 Å². The maximum absolute atomic E-state index is 12.1. The lowest BCUT2D eigenvalue weighted by Crippen LogP contribution is -2.43. The number of nitrogens with zero attached hydrogens (tertiary/aromatic N) is 1. The highest BCUT2D eigenvalue weighted by Gasteiger charge is 2.34. The van der Waals surface area contributed by atoms with Gasteiger partial charge >= 0.3 is 12.0 Å². The molecule has 9 heteroatoms. The van der Waals surface area contributed by atoms with Gasteiger partial charge in [-0.1, -0.05) is 12.1 Å². The summed E-state index contributed by atoms with van der Waals surface area (Å²) in [5.74, 6) is -1.38. The molecule has 2 N–H and O–H groups in total. The van der Waals surface area contributed by atoms with Crippen molar-refractivity contribution in [2.24, 2.45) is 0 Å². The Morgan fingerprint density at radius 1 is 1.36 bits per heavy atom. The van der Waals surface area contributed by atoms with Crippen LogP contribution < -0.4 is 15.4 Å². The summed E-state index contributed by atoms with van der Waals surface area (Å²) in [4.78, 5) is 48.6. The van der Waals surface area contributed by atoms with Crippen LogP contribution in [0.5, 0.6) is 5.75 Å². The fourth-order valence-corrected chi connectivity index (χ4v) is 2.58. The van der Waals surface area contributed by atoms with Crippen molar-refractivity contribution in [2.45, 2.75) is 25.6 Å². The molecule has 25 heavy (non-hydrogen) atoms. The van der Waals surface area contributed by atoms with E-state index in [1.165, 1.54) is 6.92 Å². The quantitative estimate of drug-likeness (QED) is 0.755. The second-order valence-electron chi connectivity index (χ2n) is 5.65. The highest BCUT2D eigenvalue weighted by atomic mass is 16.6. The average Bonchev–Trinajstić information content (AvgIpc) is 3.00. The molecular formula is C16H17N3O6. The third kappa shape index (κ3) is 3.54. The smallest absolute Gasteiger partial charge is 0.324 e. The Morgan fingerprint density at radius 2 is 2.12 bits per heavy atom. The van der Waals surface area contributed by atoms with Gasteiger partial charge in [-0.2, -0.15) is 0 Å². The summed E-state index contributed by atoms with van der Waals surface area (Å²) in [6, 6.07) is 6.33. The lowest BCUT2D eigenvalue weighted by Gasteiger charge is -2.25. The zero-order valence-corrected chi connectivity index (χ0v) is 13.5. The van der Waals surface area contributed by atoms with Crippen LogP contribution in [0.1, 0.15) is 13.3 Å². The molecule has 9 nitrogen and oxygen atoms in total. The van der Waals surface area contributed by atoms with Gasteiger partial charge in [-0.15, -0.1) is 0 Å². The van der Waals surface area contributed by atoms with E-state index < -0.39 is 36.0 Å². The number of hydrogen-bond donors (Lipinski definition) is 2. The third-order valence-electron chi connectivity index (χ3n) is 3.84. The van der Waals surface area contributed by atoms with Crippen molar-refractivity contribution >= 4 is 29.5 Å². The zero-order valence-electron chi connectivity index (χ0n) is 13.5. The van der Waals surface area contributed by atoms with E-state index in [-0.39, 0.29) is 13.0 Å². The molecule has 0 aromatic heterocycles. The van der Waals surface area contributed by atoms with E-state index in [0.717, 1.165) is 4.90 Å². The van der Waals surface area contributed by atoms with Crippen LogP contribution in [0.3, 0.4) is 0 Å². The van der Waals surface area contributed by atoms with Crippen molar-refractivity contribution in [3.63, 3.8) is 0 Å². The molecule has 0 aliphatic carbocycles. The first-order chi connectivity index (χ1) is 12.0. The SMILES string of the molecule is C[C@H](OC(=O)C[C@@H]1Oc2ccccc2NC1=O)C(=O)N1CCNC1=O. The number of ether oxygens (including phenoxy) is 2. The summed E-state index contributed by atoms with van der Waals surface area (Å²) in [6.07, 6.45) is -2.51. The Labute approximate surface area is 143 Å². The Bertz CT molecular complexity index is 734. The minimum atomic E-state index is -1.13. The van der Waals surface area contributed by atoms with E-state index in [9.17, 15) is 19.2 Å². The number of rotatable bonds is 4. The van der Waals surface area contributed by atoms with Gasteiger partial charge in [0.1, 0.15) is 5.75 Å². The van der Waals surface area contributed by atoms with Crippen LogP contribution in [0.25, 0.3) is 0 Å². The summed E-state index contributed by atoms with van der Waals surface area (Å²) in [6.45, 7) is 1.97. The van der Waals surface area contributed by atoms with E-state index in [1.807, 2.05) is 0 Å². The molecule has 3 rings (SSSR count). The molecule has 2 atom stereocenters. The molecule has 0 bridgehead atoms. The number of nitrogens with one attached hydrogen (secondary N) is 2. The standard InChI is InChI=1S/C16H17N3O6/c1-9(15(22)19-7-6-17-16(19)23)24-13(20)8-12-14(21)18-10-4-2-3-5-11(10)25-12/h2-5,9,12H,6-8H2,1H3,(H,17,23)(H,18,21)/t9-,12-/m0/s1. The Balaban J connectivity index is 1.56. The van der Waals surface area contributed by atoms with Gasteiger partial charge in [-0.3, -0.25) is 19.3 Å². The first-order valence-corrected chi connectivity index (χ1v) is 7.81. The molecular weight excluding hydrogens is 330 g/mol. The molecule has 4 amide bonds. The summed E-state index contributed by atoms with van der Waals surface area (Å²) in [7, 11) is 0. The predicted octanol–water partition coefficient (Wildman–Crippen LogP) is 0.260. The summed E-state index contributed by atoms with van der Waals surface area (Å²) in [5, 5.41) is 5.13. The molecule has 0 saturated carbocycles. The van der Waals surface area contributed by atoms with E-state index in [2.05, 4.69) is 10.6 Å². The van der Waals surface area contributed by atoms with Crippen LogP contribution in [-0.2, 0) is 19.1 Å². The van der Waals surface area contributed by atoms with E-state index >= 15 is 0 Å². The predicted molar refractivity (Wildman–Crippen MR) is 84.8 cm³/mol. The number of imide groups is 1. The van der Waals surface area contributed by atoms with Crippen molar-refractivity contribution in [1.82, 2.24) is 10.2 Å². The van der Waals surface area contributed by atoms with Crippen LogP contribution in [-0.4, -0.2) is 54.0 Å². The number of para-hydroxylation sites is 2. The highest BCUT2D eigenvalue weighted by molar-refractivity contribution is 6.00. The summed E-state index contributed by atoms with van der Waals surface area (Å²) >= 11 is 0. The van der Waals surface area contributed by atoms with Crippen LogP contribution in [0.15, 0.2) is 24.3 Å². The Hall–Kier alpha value is -3.10. The first-order valence-electron chi connectivity index (χ1n) is 7.81. The molecule has 1 aromatic carbocycles. The minimum absolute atomic E-state index is 0.227. The van der Waals surface area contributed by atoms with Gasteiger partial charge in [-0.05, 0) is 19.1 Å². The van der Waals surface area contributed by atoms with Gasteiger partial charge in [0.2, 0.25) is 0 Å². The maximum atomic E-state index is 12.1. The number of esters is 1. The van der Waals surface area contributed by atoms with Gasteiger partial charge in [-0.25, -0.2) is 4.79 Å². The van der Waals surface area contributed by atoms with Crippen LogP contribution >= 0.6 is 0 Å². The number of amides is 4. The largest absolute Gasteiger partial charge is 0.478 e. The lowest BCUT2D eigenvalue weighted by atomic mass is 10.1. The molecule has 1 aromatic rings. The van der Waals surface area contributed by atoms with E-state index in [4.69, 9.17) is 9.47 Å². The molecule has 0 spiro atoms. The van der Waals surface area contributed by atoms with Crippen LogP contribution in [0.4, 0.5) is 10.5 Å². The molecule has 1 fully saturated rings. The molecule has 0 radical (unpaired) electrons. The van der Waals surface area contributed by atoms with Gasteiger partial charge in [0, 0.05) is 13.1 Å². The second kappa shape index (κ2) is 6.80. The van der Waals surface area contributed by atoms with E-state index in [0.29, 0.717) is 18.0 Å². The van der Waals surface area contributed by atoms with Crippen LogP contribution in [0.2, 0.25) is 0 Å². The Kier molecular flexibility index (Phi) is 4.55. The minimum Gasteiger partial charge on any atom is -0.478 e. The zero-order chi connectivity index (χ0) is 18.0. The number of carbonyl (C=O) groups is 4. The van der Waals surface area contributed by atoms with Gasteiger partial charge in [0.05, 0.1) is 12.1 Å². The molecule has 132 valence electrons. The maximum Gasteiger partial charge on any atom is 0.324 e. The number of anilines is 1. The average molecular weight is 347 g/mol. The normalized spacial score (nSPS) is 20.0. The van der Waals surface area contributed by atoms with Crippen molar-refractivity contribution in [3.05, 3.63) is 24.3 Å². The van der Waals surface area contributed by atoms with Crippen molar-refractivity contribution in [2.75, 3.05) is 18.4 Å². The monoisotopic (exact) mass is 347 g/mol. The number of fused-ring (bicyclic) bond motifs is 1. The van der Waals surface area contributed by atoms with Crippen molar-refractivity contribution < 1.29 is 28.7 Å². The Morgan fingerprint density at radius 3 is 2.84 bits per heavy atom. The molecule has 2 aliphatic rings. The first kappa shape index (κ1) is 16.7. The van der Waals surface area contributed by atoms with Gasteiger partial charge in [0.25, 0.3) is 11.8 Å². The molecule has 1 saturated heterocycles. The summed E-state index contributed by atoms with van der Waals surface area (Å²) < 4.78 is 10.5. The third-order valence-corrected chi connectivity index (χ3v) is 3.84. The van der Waals surface area contributed by atoms with Gasteiger partial charge < -0.3 is 20.1 Å². The number of urea groups is 1. The lowest BCUT2D eigenvalue weighted by molar-refractivity contribution is -0.159. The number of hydrogen-bond acceptors (Lipinski definition) is 6. The van der Waals surface area contributed by atoms with E-state index in [1.54, 1.807) is 24.3 Å². The second-order valence-corrected chi connectivity index (χ2v) is 5.65. The highest BCUT2D eigenvalue weighted by Crippen LogP contribution is 2.29.